The van der Waals surface area contributed by atoms with Crippen LogP contribution in [0.15, 0.2) is 68.9 Å². The number of benzene rings is 2. The van der Waals surface area contributed by atoms with Crippen molar-refractivity contribution in [2.75, 3.05) is 17.6 Å². The van der Waals surface area contributed by atoms with E-state index in [0.29, 0.717) is 13.0 Å². The van der Waals surface area contributed by atoms with Crippen molar-refractivity contribution in [3.8, 4) is 0 Å². The molecule has 166 valence electrons. The van der Waals surface area contributed by atoms with Gasteiger partial charge in [0, 0.05) is 6.54 Å². The first-order valence-electron chi connectivity index (χ1n) is 10.1. The Kier molecular flexibility index (Phi) is 7.51. The van der Waals surface area contributed by atoms with Gasteiger partial charge in [0.2, 0.25) is 24.0 Å². The quantitative estimate of drug-likeness (QED) is 0.431. The van der Waals surface area contributed by atoms with Crippen LogP contribution in [0.4, 0.5) is 5.00 Å². The number of hydrogen-bond donors (Lipinski definition) is 1. The Bertz CT molecular complexity index is 1220. The number of rotatable bonds is 10. The number of thiazole rings is 1. The van der Waals surface area contributed by atoms with E-state index in [9.17, 15) is 16.8 Å². The molecule has 0 radical (unpaired) electrons. The molecule has 0 atom stereocenters. The third-order valence-corrected chi connectivity index (χ3v) is 9.89. The fourth-order valence-electron chi connectivity index (χ4n) is 3.04. The molecule has 2 aromatic carbocycles. The first-order valence-corrected chi connectivity index (χ1v) is 14.0. The summed E-state index contributed by atoms with van der Waals surface area (Å²) in [7, 11) is -7.59. The molecule has 6 nitrogen and oxygen atoms in total. The minimum absolute atomic E-state index is 0.0714. The maximum absolute atomic E-state index is 13.2. The summed E-state index contributed by atoms with van der Waals surface area (Å²) in [5.74, 6) is -0.0714. The Labute approximate surface area is 188 Å². The van der Waals surface area contributed by atoms with Crippen molar-refractivity contribution in [2.24, 2.45) is 0 Å². The molecule has 1 heterocycles. The normalized spacial score (nSPS) is 12.1. The fourth-order valence-corrected chi connectivity index (χ4v) is 7.42. The molecule has 0 saturated heterocycles. The van der Waals surface area contributed by atoms with Gasteiger partial charge in [-0.1, -0.05) is 66.3 Å². The molecule has 0 unspecified atom stereocenters. The lowest BCUT2D eigenvalue weighted by Crippen LogP contribution is -2.09. The van der Waals surface area contributed by atoms with Gasteiger partial charge in [-0.2, -0.15) is 0 Å². The van der Waals surface area contributed by atoms with Gasteiger partial charge in [-0.3, -0.25) is 0 Å². The summed E-state index contributed by atoms with van der Waals surface area (Å²) in [5.41, 5.74) is 2.12. The molecule has 3 rings (SSSR count). The molecule has 1 N–H and O–H groups in total. The van der Waals surface area contributed by atoms with E-state index >= 15 is 0 Å². The maximum Gasteiger partial charge on any atom is 0.226 e. The fraction of sp³-hybridized carbons (Fsp3) is 0.318. The SMILES string of the molecule is CCCS(=O)(=O)c1nc(S(=O)(=O)c2ccc(C)cc2)c(NCCCc2ccccc2)s1. The minimum Gasteiger partial charge on any atom is -0.374 e. The van der Waals surface area contributed by atoms with Crippen molar-refractivity contribution in [2.45, 2.75) is 47.4 Å². The summed E-state index contributed by atoms with van der Waals surface area (Å²) < 4.78 is 51.4. The van der Waals surface area contributed by atoms with Crippen LogP contribution in [0.2, 0.25) is 0 Å². The molecular formula is C22H26N2O4S3. The molecule has 0 saturated carbocycles. The molecular weight excluding hydrogens is 452 g/mol. The lowest BCUT2D eigenvalue weighted by Gasteiger charge is -2.08. The van der Waals surface area contributed by atoms with Gasteiger partial charge in [-0.15, -0.1) is 0 Å². The van der Waals surface area contributed by atoms with Crippen molar-refractivity contribution in [1.29, 1.82) is 0 Å². The number of nitrogens with one attached hydrogen (secondary N) is 1. The molecule has 9 heteroatoms. The highest BCUT2D eigenvalue weighted by atomic mass is 32.2. The Morgan fingerprint density at radius 2 is 1.65 bits per heavy atom. The Balaban J connectivity index is 1.89. The highest BCUT2D eigenvalue weighted by Crippen LogP contribution is 2.35. The molecule has 0 spiro atoms. The summed E-state index contributed by atoms with van der Waals surface area (Å²) in [6.45, 7) is 4.13. The monoisotopic (exact) mass is 478 g/mol. The zero-order chi connectivity index (χ0) is 22.5. The Morgan fingerprint density at radius 1 is 0.968 bits per heavy atom. The second-order valence-electron chi connectivity index (χ2n) is 7.27. The summed E-state index contributed by atoms with van der Waals surface area (Å²) >= 11 is 0.888. The van der Waals surface area contributed by atoms with E-state index < -0.39 is 19.7 Å². The van der Waals surface area contributed by atoms with E-state index in [4.69, 9.17) is 0 Å². The van der Waals surface area contributed by atoms with Crippen LogP contribution >= 0.6 is 11.3 Å². The van der Waals surface area contributed by atoms with Gasteiger partial charge in [0.05, 0.1) is 10.6 Å². The van der Waals surface area contributed by atoms with Crippen molar-refractivity contribution in [3.63, 3.8) is 0 Å². The number of aromatic nitrogens is 1. The Hall–Kier alpha value is -2.23. The van der Waals surface area contributed by atoms with Crippen molar-refractivity contribution >= 4 is 36.0 Å². The molecule has 1 aromatic heterocycles. The second kappa shape index (κ2) is 9.93. The van der Waals surface area contributed by atoms with Gasteiger partial charge in [-0.05, 0) is 43.9 Å². The third kappa shape index (κ3) is 5.72. The van der Waals surface area contributed by atoms with Crippen molar-refractivity contribution < 1.29 is 16.8 Å². The first kappa shape index (κ1) is 23.4. The molecule has 31 heavy (non-hydrogen) atoms. The second-order valence-corrected chi connectivity index (χ2v) is 12.4. The predicted molar refractivity (Wildman–Crippen MR) is 124 cm³/mol. The topological polar surface area (TPSA) is 93.2 Å². The van der Waals surface area contributed by atoms with Crippen LogP contribution in [0.5, 0.6) is 0 Å². The van der Waals surface area contributed by atoms with E-state index in [1.165, 1.54) is 17.7 Å². The summed E-state index contributed by atoms with van der Waals surface area (Å²) in [4.78, 5) is 4.18. The summed E-state index contributed by atoms with van der Waals surface area (Å²) in [5, 5.41) is 3.16. The predicted octanol–water partition coefficient (Wildman–Crippen LogP) is 4.51. The lowest BCUT2D eigenvalue weighted by atomic mass is 10.1. The molecule has 0 aliphatic carbocycles. The van der Waals surface area contributed by atoms with Crippen molar-refractivity contribution in [3.05, 3.63) is 65.7 Å². The van der Waals surface area contributed by atoms with Crippen molar-refractivity contribution in [1.82, 2.24) is 4.98 Å². The largest absolute Gasteiger partial charge is 0.374 e. The van der Waals surface area contributed by atoms with Crippen LogP contribution < -0.4 is 5.32 Å². The molecule has 0 amide bonds. The number of hydrogen-bond acceptors (Lipinski definition) is 7. The molecule has 0 aliphatic heterocycles. The standard InChI is InChI=1S/C22H26N2O4S3/c1-3-16-30(25,26)22-24-21(31(27,28)19-13-11-17(2)12-14-19)20(29-22)23-15-7-10-18-8-5-4-6-9-18/h4-6,8-9,11-14,23H,3,7,10,15-16H2,1-2H3. The van der Waals surface area contributed by atoms with E-state index in [0.717, 1.165) is 29.7 Å². The minimum atomic E-state index is -3.96. The maximum atomic E-state index is 13.2. The molecule has 0 bridgehead atoms. The van der Waals surface area contributed by atoms with Gasteiger partial charge >= 0.3 is 0 Å². The lowest BCUT2D eigenvalue weighted by molar-refractivity contribution is 0.589. The average molecular weight is 479 g/mol. The third-order valence-electron chi connectivity index (χ3n) is 4.67. The molecule has 0 aliphatic rings. The number of nitrogens with zero attached hydrogens (tertiary/aromatic N) is 1. The number of sulfone groups is 2. The van der Waals surface area contributed by atoms with E-state index in [-0.39, 0.29) is 25.0 Å². The zero-order valence-corrected chi connectivity index (χ0v) is 20.0. The van der Waals surface area contributed by atoms with Gasteiger partial charge in [0.25, 0.3) is 0 Å². The van der Waals surface area contributed by atoms with Gasteiger partial charge < -0.3 is 5.32 Å². The molecule has 3 aromatic rings. The van der Waals surface area contributed by atoms with Crippen LogP contribution in [0.3, 0.4) is 0 Å². The van der Waals surface area contributed by atoms with E-state index in [1.807, 2.05) is 37.3 Å². The van der Waals surface area contributed by atoms with E-state index in [2.05, 4.69) is 10.3 Å². The summed E-state index contributed by atoms with van der Waals surface area (Å²) in [6, 6.07) is 16.4. The Morgan fingerprint density at radius 3 is 2.29 bits per heavy atom. The van der Waals surface area contributed by atoms with Gasteiger partial charge in [0.15, 0.2) is 5.03 Å². The van der Waals surface area contributed by atoms with Gasteiger partial charge in [0.1, 0.15) is 5.00 Å². The van der Waals surface area contributed by atoms with Crippen LogP contribution in [0, 0.1) is 6.92 Å². The van der Waals surface area contributed by atoms with Crippen LogP contribution in [0.25, 0.3) is 0 Å². The number of anilines is 1. The van der Waals surface area contributed by atoms with Crippen LogP contribution in [0.1, 0.15) is 30.9 Å². The smallest absolute Gasteiger partial charge is 0.226 e. The van der Waals surface area contributed by atoms with Crippen LogP contribution in [-0.4, -0.2) is 34.1 Å². The number of aryl methyl sites for hydroxylation is 2. The summed E-state index contributed by atoms with van der Waals surface area (Å²) in [6.07, 6.45) is 2.03. The zero-order valence-electron chi connectivity index (χ0n) is 17.5. The molecule has 0 fully saturated rings. The van der Waals surface area contributed by atoms with Crippen LogP contribution in [-0.2, 0) is 26.1 Å². The first-order chi connectivity index (χ1) is 14.7. The van der Waals surface area contributed by atoms with E-state index in [1.54, 1.807) is 19.1 Å². The highest BCUT2D eigenvalue weighted by Gasteiger charge is 2.30. The highest BCUT2D eigenvalue weighted by molar-refractivity contribution is 7.94. The average Bonchev–Trinajstić information content (AvgIpc) is 3.18. The van der Waals surface area contributed by atoms with Gasteiger partial charge in [-0.25, -0.2) is 21.8 Å².